The first-order valence-corrected chi connectivity index (χ1v) is 5.00. The highest BCUT2D eigenvalue weighted by Gasteiger charge is 2.12. The number of carbonyl (C=O) groups excluding carboxylic acids is 2. The third kappa shape index (κ3) is 8.14. The van der Waals surface area contributed by atoms with Crippen molar-refractivity contribution in [1.82, 2.24) is 0 Å². The van der Waals surface area contributed by atoms with Gasteiger partial charge in [0.25, 0.3) is 0 Å². The monoisotopic (exact) mass is 230 g/mol. The molecule has 1 N–H and O–H groups in total. The van der Waals surface area contributed by atoms with Crippen molar-refractivity contribution in [3.8, 4) is 0 Å². The highest BCUT2D eigenvalue weighted by atomic mass is 16.6. The van der Waals surface area contributed by atoms with Gasteiger partial charge in [-0.3, -0.25) is 4.79 Å². The van der Waals surface area contributed by atoms with Crippen LogP contribution in [0.15, 0.2) is 11.6 Å². The Labute approximate surface area is 95.0 Å². The van der Waals surface area contributed by atoms with Crippen molar-refractivity contribution < 1.29 is 24.2 Å². The fraction of sp³-hybridized carbons (Fsp3) is 0.636. The molecule has 0 aromatic heterocycles. The lowest BCUT2D eigenvalue weighted by Crippen LogP contribution is -2.26. The van der Waals surface area contributed by atoms with Crippen molar-refractivity contribution in [1.29, 1.82) is 0 Å². The number of aliphatic hydroxyl groups excluding tert-OH is 1. The van der Waals surface area contributed by atoms with Crippen molar-refractivity contribution in [3.63, 3.8) is 0 Å². The van der Waals surface area contributed by atoms with E-state index in [1.807, 2.05) is 19.9 Å². The molecule has 0 radical (unpaired) electrons. The van der Waals surface area contributed by atoms with Gasteiger partial charge in [-0.2, -0.15) is 0 Å². The van der Waals surface area contributed by atoms with Crippen LogP contribution in [0.1, 0.15) is 20.8 Å². The highest BCUT2D eigenvalue weighted by Crippen LogP contribution is 1.92. The van der Waals surface area contributed by atoms with Crippen molar-refractivity contribution >= 4 is 11.8 Å². The molecule has 0 amide bonds. The average molecular weight is 230 g/mol. The van der Waals surface area contributed by atoms with Gasteiger partial charge in [-0.1, -0.05) is 11.6 Å². The molecule has 0 saturated heterocycles. The summed E-state index contributed by atoms with van der Waals surface area (Å²) in [7, 11) is 0. The molecule has 0 saturated carbocycles. The van der Waals surface area contributed by atoms with Crippen LogP contribution in [-0.4, -0.2) is 42.8 Å². The Morgan fingerprint density at radius 3 is 2.38 bits per heavy atom. The summed E-state index contributed by atoms with van der Waals surface area (Å²) in [4.78, 5) is 21.2. The number of carbonyl (C=O) groups is 2. The zero-order valence-electron chi connectivity index (χ0n) is 9.86. The van der Waals surface area contributed by atoms with Crippen LogP contribution in [0.3, 0.4) is 0 Å². The van der Waals surface area contributed by atoms with Gasteiger partial charge in [0, 0.05) is 6.92 Å². The lowest BCUT2D eigenvalue weighted by Gasteiger charge is -2.10. The molecule has 1 unspecified atom stereocenters. The molecule has 16 heavy (non-hydrogen) atoms. The van der Waals surface area contributed by atoms with Crippen molar-refractivity contribution in [3.05, 3.63) is 11.6 Å². The number of rotatable bonds is 7. The van der Waals surface area contributed by atoms with Gasteiger partial charge in [-0.25, -0.2) is 4.79 Å². The van der Waals surface area contributed by atoms with Crippen LogP contribution in [0.25, 0.3) is 0 Å². The quantitative estimate of drug-likeness (QED) is 0.298. The topological polar surface area (TPSA) is 72.8 Å². The van der Waals surface area contributed by atoms with Gasteiger partial charge < -0.3 is 14.6 Å². The van der Waals surface area contributed by atoms with Gasteiger partial charge in [0.05, 0.1) is 13.2 Å². The SMILES string of the molecule is CC(=O)C(=O)OCC(O)COCC=C(C)C. The summed E-state index contributed by atoms with van der Waals surface area (Å²) in [6.45, 7) is 5.23. The minimum absolute atomic E-state index is 0.0644. The third-order valence-electron chi connectivity index (χ3n) is 1.61. The second-order valence-electron chi connectivity index (χ2n) is 3.63. The van der Waals surface area contributed by atoms with E-state index < -0.39 is 17.9 Å². The molecule has 0 aliphatic heterocycles. The van der Waals surface area contributed by atoms with Gasteiger partial charge in [0.1, 0.15) is 12.7 Å². The maximum absolute atomic E-state index is 10.7. The first-order chi connectivity index (χ1) is 7.43. The minimum atomic E-state index is -0.941. The Bertz CT molecular complexity index is 266. The van der Waals surface area contributed by atoms with E-state index in [1.165, 1.54) is 0 Å². The number of aliphatic hydroxyl groups is 1. The van der Waals surface area contributed by atoms with E-state index in [2.05, 4.69) is 4.74 Å². The number of hydrogen-bond donors (Lipinski definition) is 1. The standard InChI is InChI=1S/C11H18O5/c1-8(2)4-5-15-6-10(13)7-16-11(14)9(3)12/h4,10,13H,5-7H2,1-3H3. The van der Waals surface area contributed by atoms with Gasteiger partial charge >= 0.3 is 5.97 Å². The third-order valence-corrected chi connectivity index (χ3v) is 1.61. The lowest BCUT2D eigenvalue weighted by atomic mass is 10.3. The number of ether oxygens (including phenoxy) is 2. The van der Waals surface area contributed by atoms with Gasteiger partial charge in [0.15, 0.2) is 0 Å². The van der Waals surface area contributed by atoms with Gasteiger partial charge in [-0.05, 0) is 13.8 Å². The van der Waals surface area contributed by atoms with E-state index in [-0.39, 0.29) is 13.2 Å². The largest absolute Gasteiger partial charge is 0.457 e. The van der Waals surface area contributed by atoms with E-state index in [1.54, 1.807) is 0 Å². The van der Waals surface area contributed by atoms with E-state index in [9.17, 15) is 14.7 Å². The Morgan fingerprint density at radius 2 is 1.88 bits per heavy atom. The van der Waals surface area contributed by atoms with E-state index in [0.29, 0.717) is 6.61 Å². The predicted octanol–water partition coefficient (Wildman–Crippen LogP) is 0.462. The number of allylic oxidation sites excluding steroid dienone is 1. The number of Topliss-reactive ketones (excluding diaryl/α,β-unsaturated/α-hetero) is 1. The Kier molecular flexibility index (Phi) is 7.41. The smallest absolute Gasteiger partial charge is 0.374 e. The predicted molar refractivity (Wildman–Crippen MR) is 57.9 cm³/mol. The van der Waals surface area contributed by atoms with Crippen molar-refractivity contribution in [2.75, 3.05) is 19.8 Å². The number of ketones is 1. The molecule has 0 bridgehead atoms. The normalized spacial score (nSPS) is 11.8. The molecular formula is C11H18O5. The summed E-state index contributed by atoms with van der Waals surface area (Å²) in [6.07, 6.45) is 0.961. The second kappa shape index (κ2) is 8.01. The molecule has 92 valence electrons. The van der Waals surface area contributed by atoms with Gasteiger partial charge in [0.2, 0.25) is 5.78 Å². The molecule has 1 atom stereocenters. The van der Waals surface area contributed by atoms with Crippen LogP contribution in [0.5, 0.6) is 0 Å². The Morgan fingerprint density at radius 1 is 1.25 bits per heavy atom. The summed E-state index contributed by atoms with van der Waals surface area (Å²) in [6, 6.07) is 0. The first-order valence-electron chi connectivity index (χ1n) is 5.00. The molecule has 0 fully saturated rings. The molecule has 0 aliphatic rings. The molecule has 5 nitrogen and oxygen atoms in total. The van der Waals surface area contributed by atoms with E-state index in [0.717, 1.165) is 12.5 Å². The molecule has 5 heteroatoms. The van der Waals surface area contributed by atoms with Gasteiger partial charge in [-0.15, -0.1) is 0 Å². The van der Waals surface area contributed by atoms with E-state index >= 15 is 0 Å². The molecule has 0 aromatic rings. The summed E-state index contributed by atoms with van der Waals surface area (Å²) < 4.78 is 9.61. The van der Waals surface area contributed by atoms with E-state index in [4.69, 9.17) is 4.74 Å². The maximum Gasteiger partial charge on any atom is 0.374 e. The molecule has 0 aromatic carbocycles. The summed E-state index contributed by atoms with van der Waals surface area (Å²) in [5.74, 6) is -1.62. The molecular weight excluding hydrogens is 212 g/mol. The van der Waals surface area contributed by atoms with Crippen LogP contribution in [-0.2, 0) is 19.1 Å². The molecule has 0 spiro atoms. The van der Waals surface area contributed by atoms with Crippen molar-refractivity contribution in [2.45, 2.75) is 26.9 Å². The van der Waals surface area contributed by atoms with Crippen LogP contribution in [0, 0.1) is 0 Å². The Hall–Kier alpha value is -1.20. The summed E-state index contributed by atoms with van der Waals surface area (Å²) >= 11 is 0. The molecule has 0 heterocycles. The second-order valence-corrected chi connectivity index (χ2v) is 3.63. The zero-order valence-corrected chi connectivity index (χ0v) is 9.86. The minimum Gasteiger partial charge on any atom is -0.457 e. The maximum atomic E-state index is 10.7. The zero-order chi connectivity index (χ0) is 12.6. The van der Waals surface area contributed by atoms with Crippen LogP contribution >= 0.6 is 0 Å². The molecule has 0 rings (SSSR count). The van der Waals surface area contributed by atoms with Crippen LogP contribution in [0.4, 0.5) is 0 Å². The Balaban J connectivity index is 3.59. The lowest BCUT2D eigenvalue weighted by molar-refractivity contribution is -0.155. The van der Waals surface area contributed by atoms with Crippen molar-refractivity contribution in [2.24, 2.45) is 0 Å². The van der Waals surface area contributed by atoms with Crippen LogP contribution in [0.2, 0.25) is 0 Å². The number of esters is 1. The van der Waals surface area contributed by atoms with Crippen LogP contribution < -0.4 is 0 Å². The average Bonchev–Trinajstić information content (AvgIpc) is 2.20. The molecule has 0 aliphatic carbocycles. The fourth-order valence-corrected chi connectivity index (χ4v) is 0.751. The fourth-order valence-electron chi connectivity index (χ4n) is 0.751. The first kappa shape index (κ1) is 14.8. The summed E-state index contributed by atoms with van der Waals surface area (Å²) in [5.41, 5.74) is 1.12. The number of hydrogen-bond acceptors (Lipinski definition) is 5. The summed E-state index contributed by atoms with van der Waals surface area (Å²) in [5, 5.41) is 9.31. The highest BCUT2D eigenvalue weighted by molar-refractivity contribution is 6.32.